The number of carbonyl (C=O) groups excluding carboxylic acids is 1. The van der Waals surface area contributed by atoms with Gasteiger partial charge in [-0.15, -0.1) is 0 Å². The van der Waals surface area contributed by atoms with E-state index in [0.29, 0.717) is 19.5 Å². The maximum absolute atomic E-state index is 12.8. The zero-order valence-electron chi connectivity index (χ0n) is 17.7. The van der Waals surface area contributed by atoms with Crippen molar-refractivity contribution >= 4 is 23.1 Å². The van der Waals surface area contributed by atoms with Crippen molar-refractivity contribution in [3.8, 4) is 0 Å². The number of hydrogen-bond donors (Lipinski definition) is 1. The molecule has 0 unspecified atom stereocenters. The van der Waals surface area contributed by atoms with E-state index in [1.54, 1.807) is 18.5 Å². The molecule has 1 N–H and O–H groups in total. The number of carbonyl (C=O) groups is 1. The van der Waals surface area contributed by atoms with Gasteiger partial charge in [-0.25, -0.2) is 0 Å². The molecule has 32 heavy (non-hydrogen) atoms. The molecule has 5 rings (SSSR count). The van der Waals surface area contributed by atoms with Gasteiger partial charge in [0.05, 0.1) is 12.1 Å². The van der Waals surface area contributed by atoms with Crippen molar-refractivity contribution in [1.29, 1.82) is 0 Å². The minimum Gasteiger partial charge on any atom is -0.342 e. The summed E-state index contributed by atoms with van der Waals surface area (Å²) >= 11 is 6.30. The Balaban J connectivity index is 1.47. The van der Waals surface area contributed by atoms with Gasteiger partial charge < -0.3 is 9.88 Å². The van der Waals surface area contributed by atoms with Crippen LogP contribution in [0.1, 0.15) is 40.8 Å². The maximum Gasteiger partial charge on any atom is 0.248 e. The normalized spacial score (nSPS) is 15.7. The highest BCUT2D eigenvalue weighted by molar-refractivity contribution is 6.30. The number of pyridine rings is 2. The van der Waals surface area contributed by atoms with E-state index in [0.717, 1.165) is 58.7 Å². The number of rotatable bonds is 2. The van der Waals surface area contributed by atoms with Gasteiger partial charge in [-0.3, -0.25) is 14.6 Å². The van der Waals surface area contributed by atoms with Crippen LogP contribution in [0.25, 0.3) is 5.57 Å². The Morgan fingerprint density at radius 2 is 1.72 bits per heavy atom. The van der Waals surface area contributed by atoms with Crippen LogP contribution in [0.2, 0.25) is 5.02 Å². The van der Waals surface area contributed by atoms with Crippen LogP contribution in [0.15, 0.2) is 65.2 Å². The molecule has 1 aromatic carbocycles. The monoisotopic (exact) mass is 445 g/mol. The molecule has 1 aliphatic heterocycles. The van der Waals surface area contributed by atoms with Crippen molar-refractivity contribution < 1.29 is 4.79 Å². The Morgan fingerprint density at radius 1 is 0.969 bits per heavy atom. The maximum atomic E-state index is 12.8. The van der Waals surface area contributed by atoms with Crippen molar-refractivity contribution in [2.45, 2.75) is 32.1 Å². The fourth-order valence-corrected chi connectivity index (χ4v) is 4.98. The number of fused-ring (bicyclic) bond motifs is 2. The second-order valence-electron chi connectivity index (χ2n) is 8.42. The average Bonchev–Trinajstić information content (AvgIpc) is 2.96. The van der Waals surface area contributed by atoms with Gasteiger partial charge in [0.2, 0.25) is 11.5 Å². The highest BCUT2D eigenvalue weighted by Gasteiger charge is 2.26. The van der Waals surface area contributed by atoms with Crippen LogP contribution < -0.4 is 5.56 Å². The van der Waals surface area contributed by atoms with Crippen LogP contribution in [0, 0.1) is 0 Å². The molecule has 5 nitrogen and oxygen atoms in total. The molecular weight excluding hydrogens is 422 g/mol. The molecule has 2 aliphatic rings. The van der Waals surface area contributed by atoms with Crippen molar-refractivity contribution in [3.63, 3.8) is 0 Å². The van der Waals surface area contributed by atoms with E-state index in [2.05, 4.69) is 16.0 Å². The predicted octanol–water partition coefficient (Wildman–Crippen LogP) is 4.19. The molecule has 0 radical (unpaired) electrons. The number of aromatic amines is 1. The van der Waals surface area contributed by atoms with E-state index in [9.17, 15) is 9.59 Å². The zero-order chi connectivity index (χ0) is 22.1. The third-order valence-electron chi connectivity index (χ3n) is 6.43. The zero-order valence-corrected chi connectivity index (χ0v) is 18.5. The van der Waals surface area contributed by atoms with Crippen LogP contribution in [-0.2, 0) is 24.1 Å². The number of amides is 1. The molecule has 3 aromatic rings. The molecule has 0 bridgehead atoms. The summed E-state index contributed by atoms with van der Waals surface area (Å²) in [6.07, 6.45) is 7.14. The van der Waals surface area contributed by atoms with Crippen LogP contribution in [0.5, 0.6) is 0 Å². The quantitative estimate of drug-likeness (QED) is 0.643. The molecular formula is C26H24ClN3O2. The molecule has 1 fully saturated rings. The van der Waals surface area contributed by atoms with Crippen molar-refractivity contribution in [1.82, 2.24) is 14.9 Å². The summed E-state index contributed by atoms with van der Waals surface area (Å²) in [5.74, 6) is 0.141. The summed E-state index contributed by atoms with van der Waals surface area (Å²) in [4.78, 5) is 34.1. The first-order valence-electron chi connectivity index (χ1n) is 11.0. The molecule has 1 amide bonds. The smallest absolute Gasteiger partial charge is 0.248 e. The van der Waals surface area contributed by atoms with Crippen molar-refractivity contribution in [2.24, 2.45) is 0 Å². The van der Waals surface area contributed by atoms with E-state index < -0.39 is 0 Å². The first-order valence-corrected chi connectivity index (χ1v) is 11.4. The summed E-state index contributed by atoms with van der Waals surface area (Å²) in [5.41, 5.74) is 7.70. The topological polar surface area (TPSA) is 66.1 Å². The first kappa shape index (κ1) is 20.7. The molecule has 1 aliphatic carbocycles. The summed E-state index contributed by atoms with van der Waals surface area (Å²) in [6.45, 7) is 1.36. The van der Waals surface area contributed by atoms with E-state index in [4.69, 9.17) is 11.6 Å². The lowest BCUT2D eigenvalue weighted by molar-refractivity contribution is -0.130. The summed E-state index contributed by atoms with van der Waals surface area (Å²) < 4.78 is 0. The number of benzene rings is 1. The Kier molecular flexibility index (Phi) is 5.66. The van der Waals surface area contributed by atoms with E-state index in [-0.39, 0.29) is 11.5 Å². The van der Waals surface area contributed by atoms with Crippen molar-refractivity contribution in [2.75, 3.05) is 13.1 Å². The van der Waals surface area contributed by atoms with Gasteiger partial charge in [0.25, 0.3) is 0 Å². The SMILES string of the molecule is O=C(Cc1ccncc1)N1CCC(=C2c3ccc(Cl)cc3CCc3ccc(=O)[nH]c32)CC1. The number of nitrogens with one attached hydrogen (secondary N) is 1. The Bertz CT molecular complexity index is 1250. The highest BCUT2D eigenvalue weighted by Crippen LogP contribution is 2.38. The second kappa shape index (κ2) is 8.75. The summed E-state index contributed by atoms with van der Waals surface area (Å²) in [7, 11) is 0. The number of nitrogens with zero attached hydrogens (tertiary/aromatic N) is 2. The Labute approximate surface area is 191 Å². The van der Waals surface area contributed by atoms with Crippen LogP contribution in [-0.4, -0.2) is 33.9 Å². The number of aryl methyl sites for hydroxylation is 2. The average molecular weight is 446 g/mol. The molecule has 2 aromatic heterocycles. The van der Waals surface area contributed by atoms with E-state index >= 15 is 0 Å². The van der Waals surface area contributed by atoms with Crippen LogP contribution >= 0.6 is 11.6 Å². The largest absolute Gasteiger partial charge is 0.342 e. The van der Waals surface area contributed by atoms with Crippen molar-refractivity contribution in [3.05, 3.63) is 104 Å². The van der Waals surface area contributed by atoms with Gasteiger partial charge in [0.15, 0.2) is 0 Å². The molecule has 6 heteroatoms. The first-order chi connectivity index (χ1) is 15.6. The van der Waals surface area contributed by atoms with Gasteiger partial charge in [-0.1, -0.05) is 29.3 Å². The fraction of sp³-hybridized carbons (Fsp3) is 0.269. The number of H-pyrrole nitrogens is 1. The minimum absolute atomic E-state index is 0.0933. The van der Waals surface area contributed by atoms with Gasteiger partial charge in [0.1, 0.15) is 0 Å². The third-order valence-corrected chi connectivity index (χ3v) is 6.67. The van der Waals surface area contributed by atoms with Gasteiger partial charge in [-0.2, -0.15) is 0 Å². The molecule has 0 spiro atoms. The predicted molar refractivity (Wildman–Crippen MR) is 126 cm³/mol. The Morgan fingerprint density at radius 3 is 2.50 bits per heavy atom. The molecule has 162 valence electrons. The standard InChI is InChI=1S/C26H24ClN3O2/c27-21-4-5-22-20(16-21)2-1-19-3-6-23(31)29-26(19)25(22)18-9-13-30(14-10-18)24(32)15-17-7-11-28-12-8-17/h3-8,11-12,16H,1-2,9-10,13-15H2,(H,29,31). The Hall–Kier alpha value is -3.18. The third kappa shape index (κ3) is 4.13. The lowest BCUT2D eigenvalue weighted by Crippen LogP contribution is -2.37. The number of aromatic nitrogens is 2. The van der Waals surface area contributed by atoms with E-state index in [1.807, 2.05) is 35.2 Å². The number of piperidine rings is 1. The van der Waals surface area contributed by atoms with Crippen LogP contribution in [0.3, 0.4) is 0 Å². The fourth-order valence-electron chi connectivity index (χ4n) is 4.78. The van der Waals surface area contributed by atoms with Gasteiger partial charge in [-0.05, 0) is 72.2 Å². The summed E-state index contributed by atoms with van der Waals surface area (Å²) in [6, 6.07) is 13.3. The second-order valence-corrected chi connectivity index (χ2v) is 8.85. The lowest BCUT2D eigenvalue weighted by Gasteiger charge is -2.30. The highest BCUT2D eigenvalue weighted by atomic mass is 35.5. The van der Waals surface area contributed by atoms with E-state index in [1.165, 1.54) is 11.1 Å². The molecule has 0 atom stereocenters. The number of halogens is 1. The minimum atomic E-state index is -0.0933. The lowest BCUT2D eigenvalue weighted by atomic mass is 9.88. The number of likely N-dealkylation sites (tertiary alicyclic amines) is 1. The summed E-state index contributed by atoms with van der Waals surface area (Å²) in [5, 5.41) is 0.726. The van der Waals surface area contributed by atoms with Gasteiger partial charge in [0, 0.05) is 42.1 Å². The molecule has 1 saturated heterocycles. The molecule has 3 heterocycles. The molecule has 0 saturated carbocycles. The van der Waals surface area contributed by atoms with Crippen LogP contribution in [0.4, 0.5) is 0 Å². The number of hydrogen-bond acceptors (Lipinski definition) is 3. The van der Waals surface area contributed by atoms with Gasteiger partial charge >= 0.3 is 0 Å².